The Labute approximate surface area is 99.9 Å². The molecule has 0 radical (unpaired) electrons. The summed E-state index contributed by atoms with van der Waals surface area (Å²) in [6, 6.07) is 3.83. The highest BCUT2D eigenvalue weighted by molar-refractivity contribution is 5.97. The minimum atomic E-state index is -0.352. The number of rotatable bonds is 5. The number of nitrogens with zero attached hydrogens (tertiary/aromatic N) is 1. The lowest BCUT2D eigenvalue weighted by Crippen LogP contribution is -2.32. The molecule has 0 aliphatic carbocycles. The lowest BCUT2D eigenvalue weighted by molar-refractivity contribution is 0.0751. The van der Waals surface area contributed by atoms with Crippen molar-refractivity contribution in [3.63, 3.8) is 0 Å². The third-order valence-electron chi connectivity index (χ3n) is 2.47. The van der Waals surface area contributed by atoms with Crippen molar-refractivity contribution >= 4 is 5.91 Å². The van der Waals surface area contributed by atoms with Crippen LogP contribution in [0.15, 0.2) is 18.2 Å². The van der Waals surface area contributed by atoms with Gasteiger partial charge in [0, 0.05) is 19.7 Å². The zero-order chi connectivity index (χ0) is 12.8. The molecule has 0 aliphatic heterocycles. The van der Waals surface area contributed by atoms with Gasteiger partial charge in [-0.1, -0.05) is 0 Å². The second-order valence-corrected chi connectivity index (χ2v) is 3.66. The Morgan fingerprint density at radius 1 is 1.35 bits per heavy atom. The summed E-state index contributed by atoms with van der Waals surface area (Å²) in [5.41, 5.74) is 0.0739. The molecule has 1 aromatic rings. The number of hydrogen-bond acceptors (Lipinski definition) is 4. The number of aliphatic hydroxyl groups excluding tert-OH is 1. The minimum Gasteiger partial charge on any atom is -0.508 e. The first-order chi connectivity index (χ1) is 8.10. The normalized spacial score (nSPS) is 10.2. The van der Waals surface area contributed by atoms with Crippen molar-refractivity contribution in [2.24, 2.45) is 0 Å². The van der Waals surface area contributed by atoms with Gasteiger partial charge in [0.2, 0.25) is 0 Å². The lowest BCUT2D eigenvalue weighted by Gasteiger charge is -2.20. The van der Waals surface area contributed by atoms with Crippen LogP contribution in [0.4, 0.5) is 0 Å². The summed E-state index contributed by atoms with van der Waals surface area (Å²) in [6.07, 6.45) is 0.485. The van der Waals surface area contributed by atoms with Gasteiger partial charge in [-0.3, -0.25) is 4.79 Å². The highest BCUT2D eigenvalue weighted by Crippen LogP contribution is 2.23. The van der Waals surface area contributed by atoms with Gasteiger partial charge in [0.05, 0.1) is 5.56 Å². The third-order valence-corrected chi connectivity index (χ3v) is 2.47. The summed E-state index contributed by atoms with van der Waals surface area (Å²) in [7, 11) is 0. The van der Waals surface area contributed by atoms with Gasteiger partial charge < -0.3 is 20.2 Å². The fourth-order valence-corrected chi connectivity index (χ4v) is 1.53. The van der Waals surface area contributed by atoms with Crippen molar-refractivity contribution in [2.45, 2.75) is 13.3 Å². The Bertz CT molecular complexity index is 392. The van der Waals surface area contributed by atoms with Crippen molar-refractivity contribution in [3.05, 3.63) is 23.8 Å². The number of phenols is 2. The van der Waals surface area contributed by atoms with E-state index in [1.54, 1.807) is 0 Å². The molecule has 0 aromatic heterocycles. The Balaban J connectivity index is 2.89. The van der Waals surface area contributed by atoms with Crippen molar-refractivity contribution in [1.29, 1.82) is 0 Å². The minimum absolute atomic E-state index is 0.00972. The molecule has 1 aromatic carbocycles. The van der Waals surface area contributed by atoms with E-state index in [2.05, 4.69) is 0 Å². The molecule has 0 bridgehead atoms. The molecular formula is C12H17NO4. The summed E-state index contributed by atoms with van der Waals surface area (Å²) in [6.45, 7) is 2.72. The highest BCUT2D eigenvalue weighted by Gasteiger charge is 2.17. The summed E-state index contributed by atoms with van der Waals surface area (Å²) < 4.78 is 0. The van der Waals surface area contributed by atoms with Crippen LogP contribution >= 0.6 is 0 Å². The van der Waals surface area contributed by atoms with E-state index < -0.39 is 0 Å². The van der Waals surface area contributed by atoms with E-state index in [-0.39, 0.29) is 29.6 Å². The third kappa shape index (κ3) is 3.35. The quantitative estimate of drug-likeness (QED) is 0.668. The van der Waals surface area contributed by atoms with Gasteiger partial charge in [0.25, 0.3) is 5.91 Å². The second kappa shape index (κ2) is 6.10. The van der Waals surface area contributed by atoms with E-state index in [0.717, 1.165) is 0 Å². The van der Waals surface area contributed by atoms with Gasteiger partial charge in [-0.05, 0) is 31.5 Å². The molecule has 5 nitrogen and oxygen atoms in total. The SMILES string of the molecule is CCN(CCCO)C(=O)c1cc(O)ccc1O. The van der Waals surface area contributed by atoms with Crippen LogP contribution < -0.4 is 0 Å². The standard InChI is InChI=1S/C12H17NO4/c1-2-13(6-3-7-14)12(17)10-8-9(15)4-5-11(10)16/h4-5,8,14-16H,2-3,6-7H2,1H3. The maximum Gasteiger partial charge on any atom is 0.257 e. The maximum absolute atomic E-state index is 12.0. The van der Waals surface area contributed by atoms with E-state index >= 15 is 0 Å². The van der Waals surface area contributed by atoms with Gasteiger partial charge in [0.15, 0.2) is 0 Å². The molecule has 1 amide bonds. The zero-order valence-electron chi connectivity index (χ0n) is 9.76. The van der Waals surface area contributed by atoms with Gasteiger partial charge in [0.1, 0.15) is 11.5 Å². The molecule has 0 saturated heterocycles. The molecule has 0 aliphatic rings. The van der Waals surface area contributed by atoms with E-state index in [0.29, 0.717) is 19.5 Å². The fraction of sp³-hybridized carbons (Fsp3) is 0.417. The van der Waals surface area contributed by atoms with Crippen molar-refractivity contribution < 1.29 is 20.1 Å². The highest BCUT2D eigenvalue weighted by atomic mass is 16.3. The summed E-state index contributed by atoms with van der Waals surface area (Å²) in [5.74, 6) is -0.575. The number of carbonyl (C=O) groups excluding carboxylic acids is 1. The van der Waals surface area contributed by atoms with Crippen molar-refractivity contribution in [3.8, 4) is 11.5 Å². The Hall–Kier alpha value is -1.75. The van der Waals surface area contributed by atoms with E-state index in [4.69, 9.17) is 5.11 Å². The van der Waals surface area contributed by atoms with Gasteiger partial charge >= 0.3 is 0 Å². The molecule has 17 heavy (non-hydrogen) atoms. The van der Waals surface area contributed by atoms with Crippen molar-refractivity contribution in [1.82, 2.24) is 4.90 Å². The molecule has 0 atom stereocenters. The lowest BCUT2D eigenvalue weighted by atomic mass is 10.1. The number of hydrogen-bond donors (Lipinski definition) is 3. The molecule has 1 rings (SSSR count). The van der Waals surface area contributed by atoms with Crippen LogP contribution in [0.5, 0.6) is 11.5 Å². The number of benzene rings is 1. The largest absolute Gasteiger partial charge is 0.508 e. The predicted molar refractivity (Wildman–Crippen MR) is 63.1 cm³/mol. The van der Waals surface area contributed by atoms with Crippen LogP contribution in [0.2, 0.25) is 0 Å². The zero-order valence-corrected chi connectivity index (χ0v) is 9.76. The summed E-state index contributed by atoms with van der Waals surface area (Å²) >= 11 is 0. The van der Waals surface area contributed by atoms with Crippen LogP contribution in [0.3, 0.4) is 0 Å². The van der Waals surface area contributed by atoms with Gasteiger partial charge in [-0.25, -0.2) is 0 Å². The molecular weight excluding hydrogens is 222 g/mol. The number of aliphatic hydroxyl groups is 1. The van der Waals surface area contributed by atoms with Crippen LogP contribution in [0.1, 0.15) is 23.7 Å². The Morgan fingerprint density at radius 2 is 2.06 bits per heavy atom. The molecule has 0 fully saturated rings. The van der Waals surface area contributed by atoms with E-state index in [1.165, 1.54) is 23.1 Å². The van der Waals surface area contributed by atoms with Crippen LogP contribution in [-0.2, 0) is 0 Å². The van der Waals surface area contributed by atoms with Gasteiger partial charge in [-0.15, -0.1) is 0 Å². The predicted octanol–water partition coefficient (Wildman–Crippen LogP) is 0.942. The molecule has 0 unspecified atom stereocenters. The summed E-state index contributed by atoms with van der Waals surface area (Å²) in [4.78, 5) is 13.5. The first-order valence-corrected chi connectivity index (χ1v) is 5.52. The first kappa shape index (κ1) is 13.3. The number of aromatic hydroxyl groups is 2. The van der Waals surface area contributed by atoms with E-state index in [9.17, 15) is 15.0 Å². The second-order valence-electron chi connectivity index (χ2n) is 3.66. The molecule has 94 valence electrons. The molecule has 0 spiro atoms. The molecule has 5 heteroatoms. The Morgan fingerprint density at radius 3 is 2.65 bits per heavy atom. The Kier molecular flexibility index (Phi) is 4.78. The summed E-state index contributed by atoms with van der Waals surface area (Å²) in [5, 5.41) is 27.6. The number of phenolic OH excluding ortho intramolecular Hbond substituents is 2. The average Bonchev–Trinajstić information content (AvgIpc) is 2.33. The van der Waals surface area contributed by atoms with Gasteiger partial charge in [-0.2, -0.15) is 0 Å². The van der Waals surface area contributed by atoms with Crippen LogP contribution in [-0.4, -0.2) is 45.8 Å². The van der Waals surface area contributed by atoms with Crippen LogP contribution in [0.25, 0.3) is 0 Å². The topological polar surface area (TPSA) is 81.0 Å². The molecule has 0 heterocycles. The smallest absolute Gasteiger partial charge is 0.257 e. The average molecular weight is 239 g/mol. The van der Waals surface area contributed by atoms with E-state index in [1.807, 2.05) is 6.92 Å². The maximum atomic E-state index is 12.0. The monoisotopic (exact) mass is 239 g/mol. The van der Waals surface area contributed by atoms with Crippen molar-refractivity contribution in [2.75, 3.05) is 19.7 Å². The number of amides is 1. The van der Waals surface area contributed by atoms with Crippen LogP contribution in [0, 0.1) is 0 Å². The number of carbonyl (C=O) groups is 1. The fourth-order valence-electron chi connectivity index (χ4n) is 1.53. The molecule has 3 N–H and O–H groups in total. The first-order valence-electron chi connectivity index (χ1n) is 5.52. The molecule has 0 saturated carbocycles.